The Kier molecular flexibility index (Phi) is 5.16. The lowest BCUT2D eigenvalue weighted by atomic mass is 10.1. The SMILES string of the molecule is Cc1ccccc1NC(=O)N1CCC(OCC(=O)O)CC1. The Labute approximate surface area is 123 Å². The van der Waals surface area contributed by atoms with Gasteiger partial charge < -0.3 is 20.1 Å². The van der Waals surface area contributed by atoms with Crippen LogP contribution in [0, 0.1) is 6.92 Å². The van der Waals surface area contributed by atoms with Crippen LogP contribution in [0.15, 0.2) is 24.3 Å². The van der Waals surface area contributed by atoms with Crippen LogP contribution in [-0.2, 0) is 9.53 Å². The average molecular weight is 292 g/mol. The van der Waals surface area contributed by atoms with Crippen molar-refractivity contribution in [2.75, 3.05) is 25.0 Å². The summed E-state index contributed by atoms with van der Waals surface area (Å²) >= 11 is 0. The fourth-order valence-electron chi connectivity index (χ4n) is 2.32. The van der Waals surface area contributed by atoms with Crippen LogP contribution in [0.4, 0.5) is 10.5 Å². The molecular formula is C15H20N2O4. The highest BCUT2D eigenvalue weighted by atomic mass is 16.5. The molecule has 0 unspecified atom stereocenters. The third-order valence-electron chi connectivity index (χ3n) is 3.56. The molecule has 1 heterocycles. The fourth-order valence-corrected chi connectivity index (χ4v) is 2.32. The fraction of sp³-hybridized carbons (Fsp3) is 0.467. The number of carboxylic acids is 1. The van der Waals surface area contributed by atoms with E-state index in [1.807, 2.05) is 31.2 Å². The second kappa shape index (κ2) is 7.08. The lowest BCUT2D eigenvalue weighted by molar-refractivity contribution is -0.145. The molecule has 0 aliphatic carbocycles. The molecule has 0 bridgehead atoms. The number of nitrogens with zero attached hydrogens (tertiary/aromatic N) is 1. The number of hydrogen-bond donors (Lipinski definition) is 2. The Morgan fingerprint density at radius 3 is 2.62 bits per heavy atom. The molecule has 6 heteroatoms. The minimum absolute atomic E-state index is 0.0800. The summed E-state index contributed by atoms with van der Waals surface area (Å²) in [5, 5.41) is 11.5. The van der Waals surface area contributed by atoms with Gasteiger partial charge in [0.05, 0.1) is 6.10 Å². The third kappa shape index (κ3) is 4.46. The van der Waals surface area contributed by atoms with Gasteiger partial charge in [-0.1, -0.05) is 18.2 Å². The standard InChI is InChI=1S/C15H20N2O4/c1-11-4-2-3-5-13(11)16-15(20)17-8-6-12(7-9-17)21-10-14(18)19/h2-5,12H,6-10H2,1H3,(H,16,20)(H,18,19). The molecule has 1 saturated heterocycles. The van der Waals surface area contributed by atoms with Crippen LogP contribution in [0.2, 0.25) is 0 Å². The van der Waals surface area contributed by atoms with Gasteiger partial charge >= 0.3 is 12.0 Å². The Hall–Kier alpha value is -2.08. The summed E-state index contributed by atoms with van der Waals surface area (Å²) in [4.78, 5) is 24.4. The van der Waals surface area contributed by atoms with Crippen LogP contribution in [-0.4, -0.2) is 47.8 Å². The predicted octanol–water partition coefficient (Wildman–Crippen LogP) is 2.09. The van der Waals surface area contributed by atoms with Crippen LogP contribution in [0.25, 0.3) is 0 Å². The molecule has 6 nitrogen and oxygen atoms in total. The van der Waals surface area contributed by atoms with E-state index in [-0.39, 0.29) is 18.7 Å². The van der Waals surface area contributed by atoms with Gasteiger partial charge in [0.1, 0.15) is 6.61 Å². The van der Waals surface area contributed by atoms with Crippen molar-refractivity contribution in [1.29, 1.82) is 0 Å². The smallest absolute Gasteiger partial charge is 0.329 e. The topological polar surface area (TPSA) is 78.9 Å². The van der Waals surface area contributed by atoms with Gasteiger partial charge in [-0.3, -0.25) is 0 Å². The maximum Gasteiger partial charge on any atom is 0.329 e. The molecule has 1 aromatic carbocycles. The van der Waals surface area contributed by atoms with Crippen LogP contribution in [0.3, 0.4) is 0 Å². The van der Waals surface area contributed by atoms with Gasteiger partial charge in [-0.15, -0.1) is 0 Å². The summed E-state index contributed by atoms with van der Waals surface area (Å²) in [7, 11) is 0. The highest BCUT2D eigenvalue weighted by Gasteiger charge is 2.23. The molecule has 2 rings (SSSR count). The molecular weight excluding hydrogens is 272 g/mol. The van der Waals surface area contributed by atoms with Crippen molar-refractivity contribution in [2.24, 2.45) is 0 Å². The van der Waals surface area contributed by atoms with E-state index in [0.717, 1.165) is 11.3 Å². The van der Waals surface area contributed by atoms with Crippen molar-refractivity contribution in [3.8, 4) is 0 Å². The number of benzene rings is 1. The molecule has 1 fully saturated rings. The summed E-state index contributed by atoms with van der Waals surface area (Å²) in [6, 6.07) is 7.50. The largest absolute Gasteiger partial charge is 0.480 e. The van der Waals surface area contributed by atoms with Gasteiger partial charge in [-0.05, 0) is 31.4 Å². The number of ether oxygens (including phenoxy) is 1. The number of nitrogens with one attached hydrogen (secondary N) is 1. The number of hydrogen-bond acceptors (Lipinski definition) is 3. The molecule has 2 amide bonds. The van der Waals surface area contributed by atoms with E-state index in [1.165, 1.54) is 0 Å². The van der Waals surface area contributed by atoms with Gasteiger partial charge in [0, 0.05) is 18.8 Å². The number of piperidine rings is 1. The predicted molar refractivity (Wildman–Crippen MR) is 78.4 cm³/mol. The molecule has 0 radical (unpaired) electrons. The van der Waals surface area contributed by atoms with Crippen LogP contribution >= 0.6 is 0 Å². The van der Waals surface area contributed by atoms with Gasteiger partial charge in [-0.25, -0.2) is 9.59 Å². The van der Waals surface area contributed by atoms with E-state index >= 15 is 0 Å². The molecule has 21 heavy (non-hydrogen) atoms. The first-order valence-corrected chi connectivity index (χ1v) is 7.01. The van der Waals surface area contributed by atoms with Gasteiger partial charge in [0.15, 0.2) is 0 Å². The second-order valence-electron chi connectivity index (χ2n) is 5.14. The first kappa shape index (κ1) is 15.3. The highest BCUT2D eigenvalue weighted by molar-refractivity contribution is 5.90. The molecule has 0 atom stereocenters. The number of likely N-dealkylation sites (tertiary alicyclic amines) is 1. The van der Waals surface area contributed by atoms with Crippen LogP contribution in [0.5, 0.6) is 0 Å². The summed E-state index contributed by atoms with van der Waals surface area (Å²) in [6.45, 7) is 2.81. The number of carbonyl (C=O) groups excluding carboxylic acids is 1. The van der Waals surface area contributed by atoms with Crippen molar-refractivity contribution in [3.05, 3.63) is 29.8 Å². The van der Waals surface area contributed by atoms with Crippen molar-refractivity contribution in [1.82, 2.24) is 4.90 Å². The summed E-state index contributed by atoms with van der Waals surface area (Å²) in [5.74, 6) is -0.963. The summed E-state index contributed by atoms with van der Waals surface area (Å²) in [5.41, 5.74) is 1.83. The Bertz CT molecular complexity index is 510. The van der Waals surface area contributed by atoms with Crippen molar-refractivity contribution < 1.29 is 19.4 Å². The van der Waals surface area contributed by atoms with Gasteiger partial charge in [0.2, 0.25) is 0 Å². The van der Waals surface area contributed by atoms with Gasteiger partial charge in [0.25, 0.3) is 0 Å². The molecule has 0 aromatic heterocycles. The second-order valence-corrected chi connectivity index (χ2v) is 5.14. The molecule has 0 spiro atoms. The minimum atomic E-state index is -0.963. The number of carboxylic acid groups (broad SMARTS) is 1. The summed E-state index contributed by atoms with van der Waals surface area (Å²) in [6.07, 6.45) is 1.24. The number of rotatable bonds is 4. The monoisotopic (exact) mass is 292 g/mol. The average Bonchev–Trinajstić information content (AvgIpc) is 2.48. The molecule has 1 aromatic rings. The number of urea groups is 1. The van der Waals surface area contributed by atoms with Crippen LogP contribution < -0.4 is 5.32 Å². The van der Waals surface area contributed by atoms with E-state index in [9.17, 15) is 9.59 Å². The third-order valence-corrected chi connectivity index (χ3v) is 3.56. The van der Waals surface area contributed by atoms with Crippen molar-refractivity contribution in [3.63, 3.8) is 0 Å². The number of para-hydroxylation sites is 1. The minimum Gasteiger partial charge on any atom is -0.480 e. The van der Waals surface area contributed by atoms with Crippen LogP contribution in [0.1, 0.15) is 18.4 Å². The number of carbonyl (C=O) groups is 2. The maximum atomic E-state index is 12.2. The first-order valence-electron chi connectivity index (χ1n) is 7.01. The zero-order valence-electron chi connectivity index (χ0n) is 12.0. The molecule has 1 aliphatic heterocycles. The van der Waals surface area contributed by atoms with E-state index in [4.69, 9.17) is 9.84 Å². The molecule has 1 aliphatic rings. The van der Waals surface area contributed by atoms with Gasteiger partial charge in [-0.2, -0.15) is 0 Å². The number of aryl methyl sites for hydroxylation is 1. The lowest BCUT2D eigenvalue weighted by Crippen LogP contribution is -2.43. The number of amides is 2. The lowest BCUT2D eigenvalue weighted by Gasteiger charge is -2.31. The van der Waals surface area contributed by atoms with Crippen molar-refractivity contribution in [2.45, 2.75) is 25.9 Å². The molecule has 0 saturated carbocycles. The van der Waals surface area contributed by atoms with E-state index in [1.54, 1.807) is 4.90 Å². The Morgan fingerprint density at radius 1 is 1.33 bits per heavy atom. The Balaban J connectivity index is 1.81. The maximum absolute atomic E-state index is 12.2. The molecule has 114 valence electrons. The first-order chi connectivity index (χ1) is 10.1. The zero-order valence-corrected chi connectivity index (χ0v) is 12.0. The molecule has 2 N–H and O–H groups in total. The Morgan fingerprint density at radius 2 is 2.00 bits per heavy atom. The number of aliphatic carboxylic acids is 1. The number of anilines is 1. The van der Waals surface area contributed by atoms with E-state index in [2.05, 4.69) is 5.32 Å². The van der Waals surface area contributed by atoms with Crippen molar-refractivity contribution >= 4 is 17.7 Å². The summed E-state index contributed by atoms with van der Waals surface area (Å²) < 4.78 is 5.25. The van der Waals surface area contributed by atoms with E-state index < -0.39 is 5.97 Å². The zero-order chi connectivity index (χ0) is 15.2. The van der Waals surface area contributed by atoms with E-state index in [0.29, 0.717) is 25.9 Å². The normalized spacial score (nSPS) is 15.8. The quantitative estimate of drug-likeness (QED) is 0.890. The highest BCUT2D eigenvalue weighted by Crippen LogP contribution is 2.17.